The lowest BCUT2D eigenvalue weighted by atomic mass is 10.0. The van der Waals surface area contributed by atoms with E-state index in [9.17, 15) is 9.59 Å². The van der Waals surface area contributed by atoms with Gasteiger partial charge in [0, 0.05) is 17.7 Å². The second-order valence-electron chi connectivity index (χ2n) is 5.35. The predicted molar refractivity (Wildman–Crippen MR) is 89.7 cm³/mol. The first-order chi connectivity index (χ1) is 11.5. The van der Waals surface area contributed by atoms with Crippen molar-refractivity contribution in [3.05, 3.63) is 64.7 Å². The fourth-order valence-electron chi connectivity index (χ4n) is 2.32. The second kappa shape index (κ2) is 7.93. The number of hydrogen-bond acceptors (Lipinski definition) is 4. The van der Waals surface area contributed by atoms with Crippen molar-refractivity contribution >= 4 is 11.7 Å². The number of carbonyl (C=O) groups excluding carboxylic acids is 2. The van der Waals surface area contributed by atoms with Gasteiger partial charge in [0.25, 0.3) is 0 Å². The molecule has 0 aliphatic carbocycles. The normalized spacial score (nSPS) is 9.88. The summed E-state index contributed by atoms with van der Waals surface area (Å²) < 4.78 is 5.25. The Hall–Kier alpha value is -3.13. The Morgan fingerprint density at radius 2 is 2.00 bits per heavy atom. The van der Waals surface area contributed by atoms with E-state index in [0.717, 1.165) is 5.56 Å². The molecule has 0 unspecified atom stereocenters. The predicted octanol–water partition coefficient (Wildman–Crippen LogP) is 2.63. The van der Waals surface area contributed by atoms with Crippen molar-refractivity contribution in [3.8, 4) is 11.8 Å². The molecule has 1 N–H and O–H groups in total. The molecule has 0 aliphatic rings. The summed E-state index contributed by atoms with van der Waals surface area (Å²) in [5.41, 5.74) is 2.61. The number of nitrogens with zero attached hydrogens (tertiary/aromatic N) is 1. The molecule has 2 rings (SSSR count). The van der Waals surface area contributed by atoms with Gasteiger partial charge in [-0.3, -0.25) is 9.59 Å². The van der Waals surface area contributed by atoms with E-state index in [-0.39, 0.29) is 18.1 Å². The van der Waals surface area contributed by atoms with Gasteiger partial charge in [-0.1, -0.05) is 12.1 Å². The number of methoxy groups -OCH3 is 1. The van der Waals surface area contributed by atoms with Crippen molar-refractivity contribution < 1.29 is 14.3 Å². The summed E-state index contributed by atoms with van der Waals surface area (Å²) in [6, 6.07) is 14.2. The van der Waals surface area contributed by atoms with Crippen molar-refractivity contribution in [3.63, 3.8) is 0 Å². The third-order valence-corrected chi connectivity index (χ3v) is 3.58. The van der Waals surface area contributed by atoms with Crippen LogP contribution in [0.25, 0.3) is 0 Å². The van der Waals surface area contributed by atoms with Gasteiger partial charge in [0.15, 0.2) is 5.78 Å². The number of Topliss-reactive ketones (excluding diaryl/α,β-unsaturated/α-hetero) is 1. The number of rotatable bonds is 6. The van der Waals surface area contributed by atoms with E-state index in [4.69, 9.17) is 10.00 Å². The number of nitriles is 1. The van der Waals surface area contributed by atoms with Crippen molar-refractivity contribution in [2.24, 2.45) is 0 Å². The number of ketones is 1. The van der Waals surface area contributed by atoms with Crippen LogP contribution in [0.1, 0.15) is 34.0 Å². The molecule has 2 aromatic rings. The van der Waals surface area contributed by atoms with Crippen LogP contribution in [0.3, 0.4) is 0 Å². The van der Waals surface area contributed by atoms with E-state index < -0.39 is 0 Å². The van der Waals surface area contributed by atoms with Gasteiger partial charge in [0.2, 0.25) is 5.91 Å². The number of nitrogens with one attached hydrogen (secondary N) is 1. The van der Waals surface area contributed by atoms with Crippen LogP contribution < -0.4 is 10.1 Å². The highest BCUT2D eigenvalue weighted by Crippen LogP contribution is 2.21. The third kappa shape index (κ3) is 4.43. The molecule has 0 fully saturated rings. The molecule has 0 spiro atoms. The molecule has 5 heteroatoms. The first kappa shape index (κ1) is 17.2. The lowest BCUT2D eigenvalue weighted by molar-refractivity contribution is -0.120. The van der Waals surface area contributed by atoms with E-state index in [0.29, 0.717) is 29.0 Å². The van der Waals surface area contributed by atoms with E-state index in [1.807, 2.05) is 6.07 Å². The minimum Gasteiger partial charge on any atom is -0.496 e. The Balaban J connectivity index is 2.05. The van der Waals surface area contributed by atoms with E-state index >= 15 is 0 Å². The zero-order valence-electron chi connectivity index (χ0n) is 13.6. The van der Waals surface area contributed by atoms with Crippen molar-refractivity contribution in [1.29, 1.82) is 5.26 Å². The standard InChI is InChI=1S/C19H18N2O3/c1-13(22)16-6-7-18(24-2)17(9-16)10-19(23)21-12-15-5-3-4-14(8-15)11-20/h3-9H,10,12H2,1-2H3,(H,21,23). The molecule has 0 saturated carbocycles. The van der Waals surface area contributed by atoms with Gasteiger partial charge in [-0.2, -0.15) is 5.26 Å². The Morgan fingerprint density at radius 1 is 1.21 bits per heavy atom. The highest BCUT2D eigenvalue weighted by atomic mass is 16.5. The highest BCUT2D eigenvalue weighted by Gasteiger charge is 2.11. The monoisotopic (exact) mass is 322 g/mol. The minimum absolute atomic E-state index is 0.0624. The third-order valence-electron chi connectivity index (χ3n) is 3.58. The summed E-state index contributed by atoms with van der Waals surface area (Å²) in [6.45, 7) is 1.82. The van der Waals surface area contributed by atoms with Crippen LogP contribution in [0.4, 0.5) is 0 Å². The molecule has 122 valence electrons. The molecular formula is C19H18N2O3. The number of ether oxygens (including phenoxy) is 1. The Labute approximate surface area is 140 Å². The second-order valence-corrected chi connectivity index (χ2v) is 5.35. The number of benzene rings is 2. The fourth-order valence-corrected chi connectivity index (χ4v) is 2.32. The summed E-state index contributed by atoms with van der Waals surface area (Å²) in [6.07, 6.45) is 0.113. The fraction of sp³-hybridized carbons (Fsp3) is 0.211. The molecule has 24 heavy (non-hydrogen) atoms. The van der Waals surface area contributed by atoms with Gasteiger partial charge >= 0.3 is 0 Å². The Bertz CT molecular complexity index is 806. The summed E-state index contributed by atoms with van der Waals surface area (Å²) in [4.78, 5) is 23.7. The first-order valence-electron chi connectivity index (χ1n) is 7.47. The van der Waals surface area contributed by atoms with Gasteiger partial charge in [-0.05, 0) is 42.8 Å². The summed E-state index contributed by atoms with van der Waals surface area (Å²) in [5, 5.41) is 11.7. The van der Waals surface area contributed by atoms with Crippen LogP contribution in [0, 0.1) is 11.3 Å². The number of hydrogen-bond donors (Lipinski definition) is 1. The lowest BCUT2D eigenvalue weighted by Gasteiger charge is -2.10. The molecule has 2 aromatic carbocycles. The van der Waals surface area contributed by atoms with Crippen molar-refractivity contribution in [2.45, 2.75) is 19.9 Å². The molecule has 1 amide bonds. The number of carbonyl (C=O) groups is 2. The van der Waals surface area contributed by atoms with Crippen LogP contribution in [0.5, 0.6) is 5.75 Å². The van der Waals surface area contributed by atoms with Crippen molar-refractivity contribution in [2.75, 3.05) is 7.11 Å². The Morgan fingerprint density at radius 3 is 2.67 bits per heavy atom. The number of amides is 1. The first-order valence-corrected chi connectivity index (χ1v) is 7.47. The molecule has 0 bridgehead atoms. The van der Waals surface area contributed by atoms with E-state index in [1.54, 1.807) is 36.4 Å². The molecule has 0 radical (unpaired) electrons. The molecule has 0 heterocycles. The van der Waals surface area contributed by atoms with E-state index in [2.05, 4.69) is 11.4 Å². The van der Waals surface area contributed by atoms with Gasteiger partial charge in [-0.25, -0.2) is 0 Å². The topological polar surface area (TPSA) is 79.2 Å². The molecular weight excluding hydrogens is 304 g/mol. The maximum absolute atomic E-state index is 12.2. The molecule has 0 aromatic heterocycles. The largest absolute Gasteiger partial charge is 0.496 e. The average molecular weight is 322 g/mol. The van der Waals surface area contributed by atoms with Crippen LogP contribution in [-0.2, 0) is 17.8 Å². The highest BCUT2D eigenvalue weighted by molar-refractivity contribution is 5.94. The minimum atomic E-state index is -0.184. The zero-order chi connectivity index (χ0) is 17.5. The smallest absolute Gasteiger partial charge is 0.224 e. The van der Waals surface area contributed by atoms with Gasteiger partial charge < -0.3 is 10.1 Å². The quantitative estimate of drug-likeness (QED) is 0.829. The lowest BCUT2D eigenvalue weighted by Crippen LogP contribution is -2.24. The maximum Gasteiger partial charge on any atom is 0.224 e. The van der Waals surface area contributed by atoms with Crippen LogP contribution in [0.2, 0.25) is 0 Å². The molecule has 0 saturated heterocycles. The van der Waals surface area contributed by atoms with Crippen LogP contribution >= 0.6 is 0 Å². The van der Waals surface area contributed by atoms with Gasteiger partial charge in [0.1, 0.15) is 5.75 Å². The van der Waals surface area contributed by atoms with Crippen molar-refractivity contribution in [1.82, 2.24) is 5.32 Å². The summed E-state index contributed by atoms with van der Waals surface area (Å²) in [5.74, 6) is 0.325. The van der Waals surface area contributed by atoms with Gasteiger partial charge in [-0.15, -0.1) is 0 Å². The maximum atomic E-state index is 12.2. The van der Waals surface area contributed by atoms with Crippen LogP contribution in [-0.4, -0.2) is 18.8 Å². The molecule has 0 atom stereocenters. The van der Waals surface area contributed by atoms with Gasteiger partial charge in [0.05, 0.1) is 25.2 Å². The molecule has 0 aliphatic heterocycles. The molecule has 5 nitrogen and oxygen atoms in total. The summed E-state index contributed by atoms with van der Waals surface area (Å²) in [7, 11) is 1.53. The SMILES string of the molecule is COc1ccc(C(C)=O)cc1CC(=O)NCc1cccc(C#N)c1. The zero-order valence-corrected chi connectivity index (χ0v) is 13.6. The van der Waals surface area contributed by atoms with Crippen LogP contribution in [0.15, 0.2) is 42.5 Å². The van der Waals surface area contributed by atoms with E-state index in [1.165, 1.54) is 14.0 Å². The summed E-state index contributed by atoms with van der Waals surface area (Å²) >= 11 is 0. The average Bonchev–Trinajstić information content (AvgIpc) is 2.60. The Kier molecular flexibility index (Phi) is 5.69.